The molecule has 392 valence electrons. The molecule has 0 spiro atoms. The molecule has 0 aliphatic carbocycles. The van der Waals surface area contributed by atoms with E-state index in [-0.39, 0.29) is 19.0 Å². The fraction of sp³-hybridized carbons (Fsp3) is 0.426. The second-order valence-electron chi connectivity index (χ2n) is 17.8. The van der Waals surface area contributed by atoms with Gasteiger partial charge in [0.05, 0.1) is 12.2 Å². The van der Waals surface area contributed by atoms with Crippen LogP contribution in [0.1, 0.15) is 108 Å². The molecule has 2 aliphatic rings. The number of halogens is 2. The number of carbonyl (C=O) groups excluding carboxylic acids is 7. The summed E-state index contributed by atoms with van der Waals surface area (Å²) in [7, 11) is 0. The molecular formula is C54H60Cl2O17. The standard InChI is InChI=1S/C28H31ClO9.C26H29ClO8/c1-15-25(14-34-16(2)30)38-27(28(37-19(5)33)26(15)36-18(4)32)21-8-11-24(29)22(13-21)12-20-6-9-23(10-7-20)35-17(3)31;1-14-23(13-32-15(2)28)35-25(26(34-17(4)30)24(14)33-16(3)29)19-7-10-22(27)20(12-19)11-18-5-8-21(31)9-6-18/h6-11,13,15,25-28H,12,14H2,1-5H3;5-10,12,14,23-26,31H,11,13H2,1-4H3/t15-,25-,26+,27+,28-;14-,23-,24+,25+,26-/m11/s1. The maximum absolute atomic E-state index is 12.0. The van der Waals surface area contributed by atoms with E-state index in [1.54, 1.807) is 74.5 Å². The fourth-order valence-electron chi connectivity index (χ4n) is 8.55. The van der Waals surface area contributed by atoms with Crippen LogP contribution in [-0.2, 0) is 84.3 Å². The monoisotopic (exact) mass is 1050 g/mol. The quantitative estimate of drug-likeness (QED) is 0.0669. The Morgan fingerprint density at radius 1 is 0.479 bits per heavy atom. The van der Waals surface area contributed by atoms with Crippen molar-refractivity contribution in [1.82, 2.24) is 0 Å². The van der Waals surface area contributed by atoms with Gasteiger partial charge in [0, 0.05) is 70.3 Å². The Morgan fingerprint density at radius 2 is 0.836 bits per heavy atom. The predicted octanol–water partition coefficient (Wildman–Crippen LogP) is 8.50. The van der Waals surface area contributed by atoms with E-state index in [0.29, 0.717) is 39.8 Å². The van der Waals surface area contributed by atoms with E-state index in [1.165, 1.54) is 48.5 Å². The molecule has 0 bridgehead atoms. The molecular weight excluding hydrogens is 991 g/mol. The Bertz CT molecular complexity index is 2600. The third-order valence-electron chi connectivity index (χ3n) is 11.9. The Morgan fingerprint density at radius 3 is 1.18 bits per heavy atom. The Labute approximate surface area is 433 Å². The summed E-state index contributed by atoms with van der Waals surface area (Å²) >= 11 is 13.0. The van der Waals surface area contributed by atoms with Gasteiger partial charge in [-0.05, 0) is 82.6 Å². The molecule has 0 aromatic heterocycles. The van der Waals surface area contributed by atoms with Crippen molar-refractivity contribution in [3.63, 3.8) is 0 Å². The highest BCUT2D eigenvalue weighted by molar-refractivity contribution is 6.31. The van der Waals surface area contributed by atoms with Crippen LogP contribution in [0.4, 0.5) is 0 Å². The smallest absolute Gasteiger partial charge is 0.308 e. The Kier molecular flexibility index (Phi) is 20.8. The van der Waals surface area contributed by atoms with Crippen LogP contribution in [0.3, 0.4) is 0 Å². The van der Waals surface area contributed by atoms with Crippen molar-refractivity contribution in [2.45, 2.75) is 124 Å². The zero-order chi connectivity index (χ0) is 53.7. The van der Waals surface area contributed by atoms with Gasteiger partial charge < -0.3 is 47.7 Å². The van der Waals surface area contributed by atoms with Gasteiger partial charge in [0.1, 0.15) is 49.1 Å². The number of aromatic hydroxyl groups is 1. The second kappa shape index (κ2) is 26.4. The molecule has 2 heterocycles. The molecule has 19 heteroatoms. The molecule has 4 aromatic rings. The van der Waals surface area contributed by atoms with Gasteiger partial charge in [0.15, 0.2) is 12.2 Å². The predicted molar refractivity (Wildman–Crippen MR) is 263 cm³/mol. The minimum Gasteiger partial charge on any atom is -0.508 e. The van der Waals surface area contributed by atoms with Gasteiger partial charge in [-0.25, -0.2) is 0 Å². The highest BCUT2D eigenvalue weighted by Crippen LogP contribution is 2.42. The number of hydrogen-bond donors (Lipinski definition) is 1. The average Bonchev–Trinajstić information content (AvgIpc) is 3.30. The molecule has 17 nitrogen and oxygen atoms in total. The van der Waals surface area contributed by atoms with Crippen LogP contribution in [0.15, 0.2) is 84.9 Å². The number of hydrogen-bond acceptors (Lipinski definition) is 17. The van der Waals surface area contributed by atoms with Crippen LogP contribution in [0.25, 0.3) is 0 Å². The maximum Gasteiger partial charge on any atom is 0.308 e. The van der Waals surface area contributed by atoms with Crippen molar-refractivity contribution >= 4 is 65.0 Å². The third kappa shape index (κ3) is 16.8. The van der Waals surface area contributed by atoms with Gasteiger partial charge in [-0.2, -0.15) is 0 Å². The first-order chi connectivity index (χ1) is 34.5. The molecule has 0 saturated carbocycles. The normalized spacial score (nSPS) is 23.3. The van der Waals surface area contributed by atoms with Gasteiger partial charge in [0.2, 0.25) is 0 Å². The lowest BCUT2D eigenvalue weighted by Gasteiger charge is -2.44. The van der Waals surface area contributed by atoms with Crippen molar-refractivity contribution in [3.8, 4) is 11.5 Å². The lowest BCUT2D eigenvalue weighted by molar-refractivity contribution is -0.232. The summed E-state index contributed by atoms with van der Waals surface area (Å²) in [5.41, 5.74) is 4.71. The van der Waals surface area contributed by atoms with Gasteiger partial charge in [-0.3, -0.25) is 33.6 Å². The van der Waals surface area contributed by atoms with E-state index in [1.807, 2.05) is 24.3 Å². The minimum atomic E-state index is -0.947. The van der Waals surface area contributed by atoms with E-state index in [9.17, 15) is 38.7 Å². The van der Waals surface area contributed by atoms with Crippen LogP contribution >= 0.6 is 23.2 Å². The van der Waals surface area contributed by atoms with Crippen molar-refractivity contribution in [2.75, 3.05) is 13.2 Å². The van der Waals surface area contributed by atoms with Crippen LogP contribution in [0, 0.1) is 11.8 Å². The average molecular weight is 1050 g/mol. The van der Waals surface area contributed by atoms with Crippen molar-refractivity contribution in [3.05, 3.63) is 128 Å². The molecule has 0 amide bonds. The second-order valence-corrected chi connectivity index (χ2v) is 18.6. The molecule has 10 atom stereocenters. The number of ether oxygens (including phenoxy) is 9. The lowest BCUT2D eigenvalue weighted by atomic mass is 9.85. The lowest BCUT2D eigenvalue weighted by Crippen LogP contribution is -2.54. The van der Waals surface area contributed by atoms with Gasteiger partial charge >= 0.3 is 41.8 Å². The highest BCUT2D eigenvalue weighted by Gasteiger charge is 2.50. The summed E-state index contributed by atoms with van der Waals surface area (Å²) in [4.78, 5) is 82.0. The molecule has 0 radical (unpaired) electrons. The number of rotatable bonds is 15. The number of benzene rings is 4. The van der Waals surface area contributed by atoms with E-state index in [2.05, 4.69) is 0 Å². The first-order valence-corrected chi connectivity index (χ1v) is 24.1. The largest absolute Gasteiger partial charge is 0.508 e. The Hall–Kier alpha value is -6.53. The third-order valence-corrected chi connectivity index (χ3v) is 12.7. The molecule has 73 heavy (non-hydrogen) atoms. The van der Waals surface area contributed by atoms with Crippen LogP contribution < -0.4 is 4.74 Å². The summed E-state index contributed by atoms with van der Waals surface area (Å²) in [6.45, 7) is 12.5. The summed E-state index contributed by atoms with van der Waals surface area (Å²) in [5.74, 6) is -3.81. The molecule has 2 saturated heterocycles. The van der Waals surface area contributed by atoms with Crippen LogP contribution in [0.2, 0.25) is 10.0 Å². The van der Waals surface area contributed by atoms with E-state index in [0.717, 1.165) is 22.3 Å². The van der Waals surface area contributed by atoms with Crippen molar-refractivity contribution in [1.29, 1.82) is 0 Å². The zero-order valence-corrected chi connectivity index (χ0v) is 43.4. The van der Waals surface area contributed by atoms with Gasteiger partial charge in [0.25, 0.3) is 0 Å². The first-order valence-electron chi connectivity index (χ1n) is 23.4. The minimum absolute atomic E-state index is 0.0501. The molecule has 0 unspecified atom stereocenters. The van der Waals surface area contributed by atoms with E-state index >= 15 is 0 Å². The molecule has 2 fully saturated rings. The number of carbonyl (C=O) groups is 7. The number of phenols is 1. The van der Waals surface area contributed by atoms with E-state index < -0.39 is 102 Å². The first kappa shape index (κ1) is 57.4. The van der Waals surface area contributed by atoms with Gasteiger partial charge in [-0.1, -0.05) is 85.6 Å². The summed E-state index contributed by atoms with van der Waals surface area (Å²) < 4.78 is 50.5. The van der Waals surface area contributed by atoms with Crippen LogP contribution in [0.5, 0.6) is 11.5 Å². The molecule has 6 rings (SSSR count). The zero-order valence-electron chi connectivity index (χ0n) is 41.9. The summed E-state index contributed by atoms with van der Waals surface area (Å²) in [6, 6.07) is 24.5. The summed E-state index contributed by atoms with van der Waals surface area (Å²) in [5, 5.41) is 10.6. The Balaban J connectivity index is 0.000000272. The van der Waals surface area contributed by atoms with Crippen molar-refractivity contribution in [2.24, 2.45) is 11.8 Å². The summed E-state index contributed by atoms with van der Waals surface area (Å²) in [6.07, 6.45) is -5.49. The van der Waals surface area contributed by atoms with Crippen molar-refractivity contribution < 1.29 is 81.3 Å². The molecule has 4 aromatic carbocycles. The molecule has 2 aliphatic heterocycles. The highest BCUT2D eigenvalue weighted by atomic mass is 35.5. The molecule has 1 N–H and O–H groups in total. The van der Waals surface area contributed by atoms with Gasteiger partial charge in [-0.15, -0.1) is 0 Å². The number of phenolic OH excluding ortho intramolecular Hbond substituents is 1. The SMILES string of the molecule is CC(=O)OC[C@H]1O[C@@H](c2ccc(Cl)c(Cc3ccc(O)cc3)c2)[C@H](OC(C)=O)[C@@H](OC(C)=O)[C@@H]1C.CC(=O)OC[C@H]1O[C@@H](c2ccc(Cl)c(Cc3ccc(OC(C)=O)cc3)c2)[C@H](OC(C)=O)[C@@H](OC(C)=O)[C@@H]1C. The number of esters is 7. The van der Waals surface area contributed by atoms with E-state index in [4.69, 9.17) is 65.8 Å². The van der Waals surface area contributed by atoms with Crippen LogP contribution in [-0.4, -0.2) is 96.7 Å². The topological polar surface area (TPSA) is 223 Å². The fourth-order valence-corrected chi connectivity index (χ4v) is 8.91. The maximum atomic E-state index is 12.0.